The van der Waals surface area contributed by atoms with Gasteiger partial charge in [-0.05, 0) is 76.0 Å². The number of nitrogens with zero attached hydrogens (tertiary/aromatic N) is 1. The molecule has 0 spiro atoms. The lowest BCUT2D eigenvalue weighted by molar-refractivity contribution is 0.631. The molecule has 2 nitrogen and oxygen atoms in total. The van der Waals surface area contributed by atoms with Gasteiger partial charge in [-0.1, -0.05) is 127 Å². The Morgan fingerprint density at radius 3 is 1.80 bits per heavy atom. The summed E-state index contributed by atoms with van der Waals surface area (Å²) in [5.41, 5.74) is 9.88. The van der Waals surface area contributed by atoms with Crippen LogP contribution in [0.1, 0.15) is 0 Å². The van der Waals surface area contributed by atoms with Crippen molar-refractivity contribution in [3.8, 4) is 33.6 Å². The van der Waals surface area contributed by atoms with Crippen LogP contribution in [0.15, 0.2) is 180 Å². The van der Waals surface area contributed by atoms with E-state index in [2.05, 4.69) is 163 Å². The fraction of sp³-hybridized carbons (Fsp3) is 0. The first-order valence-corrected chi connectivity index (χ1v) is 14.9. The van der Waals surface area contributed by atoms with E-state index >= 15 is 0 Å². The summed E-state index contributed by atoms with van der Waals surface area (Å²) >= 11 is 0. The predicted molar refractivity (Wildman–Crippen MR) is 185 cm³/mol. The van der Waals surface area contributed by atoms with Crippen LogP contribution in [0.3, 0.4) is 0 Å². The van der Waals surface area contributed by atoms with E-state index in [-0.39, 0.29) is 0 Å². The first-order chi connectivity index (χ1) is 21.8. The molecule has 0 atom stereocenters. The molecular weight excluding hydrogens is 534 g/mol. The lowest BCUT2D eigenvalue weighted by Gasteiger charge is -2.28. The molecule has 8 rings (SSSR count). The quantitative estimate of drug-likeness (QED) is 0.200. The van der Waals surface area contributed by atoms with E-state index in [1.54, 1.807) is 0 Å². The van der Waals surface area contributed by atoms with Gasteiger partial charge in [0.2, 0.25) is 0 Å². The molecule has 0 aliphatic heterocycles. The molecule has 0 aliphatic rings. The molecule has 208 valence electrons. The first-order valence-electron chi connectivity index (χ1n) is 14.9. The van der Waals surface area contributed by atoms with Gasteiger partial charge in [0.05, 0.1) is 5.69 Å². The largest absolute Gasteiger partial charge is 0.456 e. The van der Waals surface area contributed by atoms with E-state index in [0.29, 0.717) is 0 Å². The number of fused-ring (bicyclic) bond motifs is 2. The molecule has 1 aromatic heterocycles. The van der Waals surface area contributed by atoms with Gasteiger partial charge < -0.3 is 9.32 Å². The third-order valence-corrected chi connectivity index (χ3v) is 8.23. The molecular formula is C42H29NO. The molecule has 8 aromatic rings. The van der Waals surface area contributed by atoms with Crippen molar-refractivity contribution >= 4 is 38.8 Å². The third-order valence-electron chi connectivity index (χ3n) is 8.23. The van der Waals surface area contributed by atoms with Crippen molar-refractivity contribution in [3.63, 3.8) is 0 Å². The van der Waals surface area contributed by atoms with Gasteiger partial charge in [-0.15, -0.1) is 0 Å². The molecule has 44 heavy (non-hydrogen) atoms. The molecule has 0 bridgehead atoms. The van der Waals surface area contributed by atoms with Crippen molar-refractivity contribution < 1.29 is 4.42 Å². The summed E-state index contributed by atoms with van der Waals surface area (Å²) in [6.45, 7) is 0. The number of benzene rings is 7. The summed E-state index contributed by atoms with van der Waals surface area (Å²) in [6.07, 6.45) is 0. The maximum atomic E-state index is 6.29. The van der Waals surface area contributed by atoms with E-state index < -0.39 is 0 Å². The zero-order valence-electron chi connectivity index (χ0n) is 24.1. The van der Waals surface area contributed by atoms with Gasteiger partial charge in [0.25, 0.3) is 0 Å². The fourth-order valence-electron chi connectivity index (χ4n) is 6.07. The van der Waals surface area contributed by atoms with Gasteiger partial charge in [-0.3, -0.25) is 0 Å². The monoisotopic (exact) mass is 563 g/mol. The number of rotatable bonds is 6. The number of hydrogen-bond acceptors (Lipinski definition) is 2. The second-order valence-corrected chi connectivity index (χ2v) is 11.0. The van der Waals surface area contributed by atoms with Crippen molar-refractivity contribution in [2.45, 2.75) is 0 Å². The van der Waals surface area contributed by atoms with Crippen molar-refractivity contribution in [3.05, 3.63) is 176 Å². The van der Waals surface area contributed by atoms with Crippen LogP contribution in [-0.2, 0) is 0 Å². The van der Waals surface area contributed by atoms with Crippen LogP contribution in [0.25, 0.3) is 55.3 Å². The lowest BCUT2D eigenvalue weighted by Crippen LogP contribution is -2.11. The fourth-order valence-corrected chi connectivity index (χ4v) is 6.07. The molecule has 0 aliphatic carbocycles. The zero-order valence-corrected chi connectivity index (χ0v) is 24.1. The molecule has 0 radical (unpaired) electrons. The third kappa shape index (κ3) is 4.83. The second kappa shape index (κ2) is 11.1. The molecule has 0 saturated heterocycles. The predicted octanol–water partition coefficient (Wildman–Crippen LogP) is 12.1. The standard InChI is InChI=1S/C42H29NO/c1-2-13-31(14-3-1)39-21-7-8-22-40(39)43(38-20-11-18-35(28-38)42-29-36-16-6-9-23-41(36)44-42)37-19-10-17-33(27-37)34-25-24-30-12-4-5-15-32(30)26-34/h1-29H. The number of anilines is 3. The molecule has 0 unspecified atom stereocenters. The molecule has 0 N–H and O–H groups in total. The summed E-state index contributed by atoms with van der Waals surface area (Å²) in [5, 5.41) is 3.58. The Balaban J connectivity index is 1.30. The zero-order chi connectivity index (χ0) is 29.3. The number of hydrogen-bond donors (Lipinski definition) is 0. The topological polar surface area (TPSA) is 16.4 Å². The maximum Gasteiger partial charge on any atom is 0.135 e. The highest BCUT2D eigenvalue weighted by molar-refractivity contribution is 5.92. The summed E-state index contributed by atoms with van der Waals surface area (Å²) in [7, 11) is 0. The van der Waals surface area contributed by atoms with E-state index in [0.717, 1.165) is 39.4 Å². The van der Waals surface area contributed by atoms with Crippen LogP contribution < -0.4 is 4.90 Å². The van der Waals surface area contributed by atoms with Crippen LogP contribution in [0.2, 0.25) is 0 Å². The van der Waals surface area contributed by atoms with Crippen LogP contribution in [0, 0.1) is 0 Å². The van der Waals surface area contributed by atoms with Gasteiger partial charge in [-0.2, -0.15) is 0 Å². The molecule has 0 amide bonds. The Bertz CT molecular complexity index is 2210. The van der Waals surface area contributed by atoms with E-state index in [4.69, 9.17) is 4.42 Å². The van der Waals surface area contributed by atoms with Gasteiger partial charge in [0, 0.05) is 27.9 Å². The minimum atomic E-state index is 0.856. The summed E-state index contributed by atoms with van der Waals surface area (Å²) < 4.78 is 6.29. The first kappa shape index (κ1) is 25.8. The highest BCUT2D eigenvalue weighted by Gasteiger charge is 2.19. The number of furan rings is 1. The van der Waals surface area contributed by atoms with E-state index in [9.17, 15) is 0 Å². The smallest absolute Gasteiger partial charge is 0.135 e. The Morgan fingerprint density at radius 1 is 0.364 bits per heavy atom. The summed E-state index contributed by atoms with van der Waals surface area (Å²) in [4.78, 5) is 2.36. The minimum Gasteiger partial charge on any atom is -0.456 e. The van der Waals surface area contributed by atoms with Gasteiger partial charge in [0.15, 0.2) is 0 Å². The Morgan fingerprint density at radius 2 is 0.977 bits per heavy atom. The van der Waals surface area contributed by atoms with Crippen LogP contribution >= 0.6 is 0 Å². The summed E-state index contributed by atoms with van der Waals surface area (Å²) in [5.74, 6) is 0.856. The molecule has 7 aromatic carbocycles. The average Bonchev–Trinajstić information content (AvgIpc) is 3.54. The van der Waals surface area contributed by atoms with Crippen molar-refractivity contribution in [1.82, 2.24) is 0 Å². The second-order valence-electron chi connectivity index (χ2n) is 11.0. The Kier molecular flexibility index (Phi) is 6.51. The lowest BCUT2D eigenvalue weighted by atomic mass is 9.99. The van der Waals surface area contributed by atoms with Crippen molar-refractivity contribution in [2.75, 3.05) is 4.90 Å². The van der Waals surface area contributed by atoms with E-state index in [1.807, 2.05) is 18.2 Å². The highest BCUT2D eigenvalue weighted by Crippen LogP contribution is 2.43. The number of para-hydroxylation sites is 2. The maximum absolute atomic E-state index is 6.29. The van der Waals surface area contributed by atoms with Crippen molar-refractivity contribution in [2.24, 2.45) is 0 Å². The van der Waals surface area contributed by atoms with Crippen LogP contribution in [-0.4, -0.2) is 0 Å². The highest BCUT2D eigenvalue weighted by atomic mass is 16.3. The van der Waals surface area contributed by atoms with Crippen LogP contribution in [0.5, 0.6) is 0 Å². The minimum absolute atomic E-state index is 0.856. The SMILES string of the molecule is c1ccc(-c2ccccc2N(c2cccc(-c3ccc4ccccc4c3)c2)c2cccc(-c3cc4ccccc4o3)c2)cc1. The summed E-state index contributed by atoms with van der Waals surface area (Å²) in [6, 6.07) is 62.2. The molecule has 0 fully saturated rings. The average molecular weight is 564 g/mol. The van der Waals surface area contributed by atoms with Gasteiger partial charge >= 0.3 is 0 Å². The van der Waals surface area contributed by atoms with E-state index in [1.165, 1.54) is 33.0 Å². The molecule has 2 heteroatoms. The van der Waals surface area contributed by atoms with Gasteiger partial charge in [-0.25, -0.2) is 0 Å². The molecule has 0 saturated carbocycles. The van der Waals surface area contributed by atoms with Crippen molar-refractivity contribution in [1.29, 1.82) is 0 Å². The Labute approximate surface area is 257 Å². The normalized spacial score (nSPS) is 11.2. The van der Waals surface area contributed by atoms with Crippen LogP contribution in [0.4, 0.5) is 17.1 Å². The van der Waals surface area contributed by atoms with Gasteiger partial charge in [0.1, 0.15) is 11.3 Å². The Hall–Kier alpha value is -5.86. The molecule has 1 heterocycles.